The molecular weight excluding hydrogens is 610 g/mol. The van der Waals surface area contributed by atoms with Gasteiger partial charge in [-0.2, -0.15) is 11.8 Å². The Morgan fingerprint density at radius 3 is 2.39 bits per heavy atom. The number of anilines is 3. The molecule has 9 nitrogen and oxygen atoms in total. The van der Waals surface area contributed by atoms with Gasteiger partial charge in [0.2, 0.25) is 5.91 Å². The van der Waals surface area contributed by atoms with Crippen molar-refractivity contribution >= 4 is 41.0 Å². The zero-order chi connectivity index (χ0) is 33.0. The van der Waals surface area contributed by atoms with Crippen molar-refractivity contribution in [3.63, 3.8) is 0 Å². The molecule has 2 amide bonds. The van der Waals surface area contributed by atoms with Gasteiger partial charge in [-0.25, -0.2) is 18.6 Å². The fourth-order valence-corrected chi connectivity index (χ4v) is 6.14. The number of nitrogens with two attached hydrogens (primary N) is 1. The van der Waals surface area contributed by atoms with Crippen LogP contribution in [0, 0.1) is 11.6 Å². The van der Waals surface area contributed by atoms with Gasteiger partial charge in [0.15, 0.2) is 0 Å². The van der Waals surface area contributed by atoms with E-state index in [0.29, 0.717) is 53.8 Å². The number of rotatable bonds is 9. The van der Waals surface area contributed by atoms with Crippen LogP contribution in [-0.4, -0.2) is 56.1 Å². The second kappa shape index (κ2) is 13.8. The summed E-state index contributed by atoms with van der Waals surface area (Å²) < 4.78 is 35.4. The van der Waals surface area contributed by atoms with Crippen LogP contribution in [0.25, 0.3) is 11.3 Å². The molecule has 1 aliphatic heterocycles. The maximum atomic E-state index is 14.3. The molecule has 2 unspecified atom stereocenters. The Bertz CT molecular complexity index is 1690. The molecule has 0 saturated heterocycles. The molecule has 1 aliphatic rings. The second-order valence-corrected chi connectivity index (χ2v) is 13.2. The number of aromatic nitrogens is 2. The van der Waals surface area contributed by atoms with E-state index in [4.69, 9.17) is 15.5 Å². The first-order valence-electron chi connectivity index (χ1n) is 14.9. The van der Waals surface area contributed by atoms with Crippen molar-refractivity contribution in [2.24, 2.45) is 0 Å². The number of ether oxygens (including phenoxy) is 1. The Balaban J connectivity index is 1.45. The van der Waals surface area contributed by atoms with Crippen molar-refractivity contribution in [1.29, 1.82) is 0 Å². The van der Waals surface area contributed by atoms with Crippen LogP contribution in [0.4, 0.5) is 30.8 Å². The molecule has 242 valence electrons. The van der Waals surface area contributed by atoms with Crippen LogP contribution >= 0.6 is 11.8 Å². The number of thioether (sulfide) groups is 1. The first kappa shape index (κ1) is 32.8. The van der Waals surface area contributed by atoms with Gasteiger partial charge in [0.05, 0.1) is 6.54 Å². The molecule has 2 heterocycles. The average Bonchev–Trinajstić information content (AvgIpc) is 3.37. The number of hydrogen-bond donors (Lipinski definition) is 3. The van der Waals surface area contributed by atoms with Gasteiger partial charge in [-0.15, -0.1) is 0 Å². The number of nitrogens with zero attached hydrogens (tertiary/aromatic N) is 3. The van der Waals surface area contributed by atoms with Crippen molar-refractivity contribution in [2.45, 2.75) is 57.2 Å². The van der Waals surface area contributed by atoms with Crippen molar-refractivity contribution in [1.82, 2.24) is 19.8 Å². The number of alkyl carbamates (subject to hydrolysis) is 1. The summed E-state index contributed by atoms with van der Waals surface area (Å²) in [6.07, 6.45) is 1.73. The fraction of sp³-hybridized carbons (Fsp3) is 0.324. The van der Waals surface area contributed by atoms with Crippen LogP contribution in [0.3, 0.4) is 0 Å². The monoisotopic (exact) mass is 648 g/mol. The van der Waals surface area contributed by atoms with Gasteiger partial charge in [-0.3, -0.25) is 4.79 Å². The Kier molecular flexibility index (Phi) is 9.85. The highest BCUT2D eigenvalue weighted by Crippen LogP contribution is 2.34. The van der Waals surface area contributed by atoms with E-state index in [1.165, 1.54) is 36.0 Å². The molecule has 4 N–H and O–H groups in total. The summed E-state index contributed by atoms with van der Waals surface area (Å²) in [7, 11) is 0. The largest absolute Gasteiger partial charge is 0.444 e. The number of carbonyl (C=O) groups is 2. The quantitative estimate of drug-likeness (QED) is 0.181. The second-order valence-electron chi connectivity index (χ2n) is 12.1. The molecule has 0 radical (unpaired) electrons. The number of imidazole rings is 1. The average molecular weight is 649 g/mol. The van der Waals surface area contributed by atoms with E-state index in [0.717, 1.165) is 5.56 Å². The predicted octanol–water partition coefficient (Wildman–Crippen LogP) is 6.36. The Morgan fingerprint density at radius 1 is 1.02 bits per heavy atom. The number of nitrogens with one attached hydrogen (secondary N) is 2. The summed E-state index contributed by atoms with van der Waals surface area (Å²) >= 11 is 1.48. The summed E-state index contributed by atoms with van der Waals surface area (Å²) in [5.41, 5.74) is 8.43. The summed E-state index contributed by atoms with van der Waals surface area (Å²) in [6, 6.07) is 18.6. The van der Waals surface area contributed by atoms with E-state index >= 15 is 0 Å². The first-order valence-corrected chi connectivity index (χ1v) is 16.2. The number of benzene rings is 3. The highest BCUT2D eigenvalue weighted by atomic mass is 32.2. The minimum atomic E-state index is -0.900. The third-order valence-corrected chi connectivity index (χ3v) is 8.56. The van der Waals surface area contributed by atoms with Gasteiger partial charge in [0.1, 0.15) is 40.6 Å². The highest BCUT2D eigenvalue weighted by molar-refractivity contribution is 7.99. The maximum absolute atomic E-state index is 14.3. The molecule has 4 aromatic rings. The molecule has 0 spiro atoms. The minimum absolute atomic E-state index is 0.154. The molecular formula is C34H38F2N6O3S. The van der Waals surface area contributed by atoms with Crippen molar-refractivity contribution in [2.75, 3.05) is 23.9 Å². The maximum Gasteiger partial charge on any atom is 0.408 e. The minimum Gasteiger partial charge on any atom is -0.444 e. The molecule has 12 heteroatoms. The lowest BCUT2D eigenvalue weighted by Gasteiger charge is -2.34. The third kappa shape index (κ3) is 7.97. The SMILES string of the molecule is CSC(Cc1ccc(N)cc1)C(NC(=O)OC(C)(C)C)C(=O)N1CCn2c(nc(-c3cccc(F)c3)c2Nc2ccc(F)cc2)C1. The molecule has 1 aromatic heterocycles. The van der Waals surface area contributed by atoms with E-state index in [2.05, 4.69) is 10.6 Å². The van der Waals surface area contributed by atoms with E-state index < -0.39 is 23.6 Å². The normalized spacial score (nSPS) is 14.3. The van der Waals surface area contributed by atoms with Crippen molar-refractivity contribution in [3.8, 4) is 11.3 Å². The molecule has 0 aliphatic carbocycles. The molecule has 3 aromatic carbocycles. The molecule has 46 heavy (non-hydrogen) atoms. The predicted molar refractivity (Wildman–Crippen MR) is 178 cm³/mol. The van der Waals surface area contributed by atoms with Crippen LogP contribution in [0.5, 0.6) is 0 Å². The van der Waals surface area contributed by atoms with E-state index in [1.54, 1.807) is 49.9 Å². The smallest absolute Gasteiger partial charge is 0.408 e. The molecule has 0 bridgehead atoms. The number of carbonyl (C=O) groups excluding carboxylic acids is 2. The van der Waals surface area contributed by atoms with Crippen molar-refractivity contribution in [3.05, 3.63) is 95.8 Å². The van der Waals surface area contributed by atoms with Gasteiger partial charge in [0.25, 0.3) is 0 Å². The number of amides is 2. The van der Waals surface area contributed by atoms with E-state index in [9.17, 15) is 18.4 Å². The Hall–Kier alpha value is -4.58. The van der Waals surface area contributed by atoms with E-state index in [1.807, 2.05) is 35.1 Å². The van der Waals surface area contributed by atoms with Gasteiger partial charge >= 0.3 is 6.09 Å². The highest BCUT2D eigenvalue weighted by Gasteiger charge is 2.37. The van der Waals surface area contributed by atoms with E-state index in [-0.39, 0.29) is 23.5 Å². The Labute approximate surface area is 271 Å². The van der Waals surface area contributed by atoms with Crippen LogP contribution in [0.2, 0.25) is 0 Å². The number of fused-ring (bicyclic) bond motifs is 1. The number of hydrogen-bond acceptors (Lipinski definition) is 7. The lowest BCUT2D eigenvalue weighted by atomic mass is 10.0. The molecule has 0 saturated carbocycles. The van der Waals surface area contributed by atoms with Crippen LogP contribution < -0.4 is 16.4 Å². The summed E-state index contributed by atoms with van der Waals surface area (Å²) in [5.74, 6) is 0.144. The summed E-state index contributed by atoms with van der Waals surface area (Å²) in [4.78, 5) is 33.8. The lowest BCUT2D eigenvalue weighted by molar-refractivity contribution is -0.135. The lowest BCUT2D eigenvalue weighted by Crippen LogP contribution is -2.56. The van der Waals surface area contributed by atoms with Crippen molar-refractivity contribution < 1.29 is 23.1 Å². The standard InChI is InChI=1S/C34H38F2N6O3S/c1-34(2,3)45-33(44)40-30(27(46-4)18-21-8-12-25(37)13-9-21)32(43)41-16-17-42-28(20-41)39-29(22-6-5-7-24(36)19-22)31(42)38-26-14-10-23(35)11-15-26/h5-15,19,27,30,38H,16-18,20,37H2,1-4H3,(H,40,44). The van der Waals surface area contributed by atoms with Gasteiger partial charge in [-0.05, 0) is 87.5 Å². The van der Waals surface area contributed by atoms with Crippen LogP contribution in [-0.2, 0) is 29.0 Å². The number of halogens is 2. The zero-order valence-electron chi connectivity index (χ0n) is 26.2. The Morgan fingerprint density at radius 2 is 1.74 bits per heavy atom. The summed E-state index contributed by atoms with van der Waals surface area (Å²) in [6.45, 7) is 6.17. The van der Waals surface area contributed by atoms with Crippen LogP contribution in [0.15, 0.2) is 72.8 Å². The molecule has 2 atom stereocenters. The van der Waals surface area contributed by atoms with Gasteiger partial charge < -0.3 is 30.6 Å². The van der Waals surface area contributed by atoms with Gasteiger partial charge in [-0.1, -0.05) is 24.3 Å². The number of nitrogen functional groups attached to an aromatic ring is 1. The fourth-order valence-electron chi connectivity index (χ4n) is 5.32. The third-order valence-electron chi connectivity index (χ3n) is 7.52. The molecule has 0 fully saturated rings. The summed E-state index contributed by atoms with van der Waals surface area (Å²) in [5, 5.41) is 5.86. The van der Waals surface area contributed by atoms with Crippen LogP contribution in [0.1, 0.15) is 32.2 Å². The molecule has 5 rings (SSSR count). The zero-order valence-corrected chi connectivity index (χ0v) is 27.0. The van der Waals surface area contributed by atoms with Gasteiger partial charge in [0, 0.05) is 35.3 Å². The first-order chi connectivity index (χ1) is 21.9. The topological polar surface area (TPSA) is 115 Å².